The van der Waals surface area contributed by atoms with Crippen LogP contribution in [0.5, 0.6) is 0 Å². The summed E-state index contributed by atoms with van der Waals surface area (Å²) in [6, 6.07) is 16.4. The molecule has 27 heavy (non-hydrogen) atoms. The molecule has 1 fully saturated rings. The van der Waals surface area contributed by atoms with Crippen molar-refractivity contribution in [2.75, 3.05) is 0 Å². The summed E-state index contributed by atoms with van der Waals surface area (Å²) in [6.45, 7) is 3.23. The highest BCUT2D eigenvalue weighted by Crippen LogP contribution is 2.48. The van der Waals surface area contributed by atoms with Crippen molar-refractivity contribution in [2.24, 2.45) is 0 Å². The number of benzene rings is 2. The van der Waals surface area contributed by atoms with E-state index in [1.54, 1.807) is 62.4 Å². The van der Waals surface area contributed by atoms with Gasteiger partial charge in [0.1, 0.15) is 12.1 Å². The first-order chi connectivity index (χ1) is 12.9. The summed E-state index contributed by atoms with van der Waals surface area (Å²) in [5.41, 5.74) is 1.34. The minimum absolute atomic E-state index is 0.0260. The van der Waals surface area contributed by atoms with E-state index in [1.165, 1.54) is 0 Å². The number of rotatable bonds is 4. The van der Waals surface area contributed by atoms with E-state index in [-0.39, 0.29) is 12.8 Å². The fourth-order valence-electron chi connectivity index (χ4n) is 3.45. The van der Waals surface area contributed by atoms with Gasteiger partial charge in [-0.1, -0.05) is 74.5 Å². The molecular weight excluding hydrogens is 364 g/mol. The summed E-state index contributed by atoms with van der Waals surface area (Å²) in [7, 11) is -4.28. The van der Waals surface area contributed by atoms with Gasteiger partial charge < -0.3 is 0 Å². The molecule has 2 aromatic carbocycles. The lowest BCUT2D eigenvalue weighted by Crippen LogP contribution is -2.40. The van der Waals surface area contributed by atoms with Gasteiger partial charge in [0.25, 0.3) is 0 Å². The summed E-state index contributed by atoms with van der Waals surface area (Å²) in [5.74, 6) is -1.06. The zero-order valence-electron chi connectivity index (χ0n) is 15.3. The summed E-state index contributed by atoms with van der Waals surface area (Å²) < 4.78 is 28.3. The van der Waals surface area contributed by atoms with Crippen LogP contribution >= 0.6 is 0 Å². The summed E-state index contributed by atoms with van der Waals surface area (Å²) in [6.07, 6.45) is 0.0520. The van der Waals surface area contributed by atoms with Crippen LogP contribution in [0, 0.1) is 0 Å². The Morgan fingerprint density at radius 3 is 1.37 bits per heavy atom. The van der Waals surface area contributed by atoms with Crippen LogP contribution in [-0.2, 0) is 19.8 Å². The average Bonchev–Trinajstić information content (AvgIpc) is 2.95. The van der Waals surface area contributed by atoms with E-state index in [1.807, 2.05) is 12.1 Å². The largest absolute Gasteiger partial charge is 0.332 e. The van der Waals surface area contributed by atoms with Gasteiger partial charge in [-0.2, -0.15) is 8.42 Å². The first kappa shape index (κ1) is 19.1. The lowest BCUT2D eigenvalue weighted by Gasteiger charge is -2.26. The molecule has 1 aliphatic rings. The number of carbonyl (C=O) groups is 2. The normalized spacial score (nSPS) is 21.3. The van der Waals surface area contributed by atoms with Crippen molar-refractivity contribution in [3.05, 3.63) is 71.8 Å². The molecule has 6 nitrogen and oxygen atoms in total. The second-order valence-corrected chi connectivity index (χ2v) is 7.99. The molecule has 3 rings (SSSR count). The lowest BCUT2D eigenvalue weighted by molar-refractivity contribution is -0.129. The predicted octanol–water partition coefficient (Wildman–Crippen LogP) is 3.20. The Morgan fingerprint density at radius 1 is 0.741 bits per heavy atom. The third-order valence-electron chi connectivity index (χ3n) is 4.68. The van der Waals surface area contributed by atoms with Gasteiger partial charge in [0.2, 0.25) is 11.8 Å². The second kappa shape index (κ2) is 7.52. The number of carbonyl (C=O) groups excluding carboxylic acids is 2. The van der Waals surface area contributed by atoms with Crippen LogP contribution in [0.4, 0.5) is 0 Å². The molecule has 2 atom stereocenters. The zero-order valence-corrected chi connectivity index (χ0v) is 16.1. The van der Waals surface area contributed by atoms with E-state index in [4.69, 9.17) is 0 Å². The smallest absolute Gasteiger partial charge is 0.274 e. The Hall–Kier alpha value is -2.67. The molecule has 0 unspecified atom stereocenters. The topological polar surface area (TPSA) is 74.8 Å². The molecule has 0 aromatic heterocycles. The predicted molar refractivity (Wildman–Crippen MR) is 102 cm³/mol. The maximum Gasteiger partial charge on any atom is 0.332 e. The van der Waals surface area contributed by atoms with Gasteiger partial charge in [-0.05, 0) is 11.1 Å². The highest BCUT2D eigenvalue weighted by atomic mass is 32.2. The number of hydrogen-bond donors (Lipinski definition) is 0. The highest BCUT2D eigenvalue weighted by molar-refractivity contribution is 7.88. The molecule has 1 aliphatic heterocycles. The van der Waals surface area contributed by atoms with Gasteiger partial charge in [-0.3, -0.25) is 9.59 Å². The average molecular weight is 386 g/mol. The van der Waals surface area contributed by atoms with Gasteiger partial charge in [0.15, 0.2) is 0 Å². The van der Waals surface area contributed by atoms with Crippen molar-refractivity contribution < 1.29 is 18.0 Å². The van der Waals surface area contributed by atoms with Gasteiger partial charge in [0, 0.05) is 12.8 Å². The Bertz CT molecular complexity index is 857. The van der Waals surface area contributed by atoms with Crippen molar-refractivity contribution >= 4 is 22.0 Å². The summed E-state index contributed by atoms with van der Waals surface area (Å²) in [5, 5.41) is 0. The minimum Gasteiger partial charge on any atom is -0.274 e. The molecule has 0 bridgehead atoms. The summed E-state index contributed by atoms with van der Waals surface area (Å²) in [4.78, 5) is 25.3. The van der Waals surface area contributed by atoms with Crippen LogP contribution in [0.3, 0.4) is 0 Å². The first-order valence-corrected chi connectivity index (χ1v) is 10.3. The fourth-order valence-corrected chi connectivity index (χ4v) is 5.46. The molecule has 0 spiro atoms. The molecular formula is C20H22N2O4S. The van der Waals surface area contributed by atoms with Crippen molar-refractivity contribution in [3.8, 4) is 0 Å². The molecule has 142 valence electrons. The standard InChI is InChI=1S/C20H22N2O4S/c1-3-17(23)21-19(15-11-7-5-8-12-15)20(16-13-9-6-10-14-16)22(18(24)4-2)27(21,25)26/h5-14,19-20H,3-4H2,1-2H3/t19-,20-/m0/s1. The zero-order chi connectivity index (χ0) is 19.6. The van der Waals surface area contributed by atoms with Crippen molar-refractivity contribution in [3.63, 3.8) is 0 Å². The Kier molecular flexibility index (Phi) is 5.32. The quantitative estimate of drug-likeness (QED) is 0.809. The molecule has 1 saturated heterocycles. The highest BCUT2D eigenvalue weighted by Gasteiger charge is 2.55. The first-order valence-electron chi connectivity index (χ1n) is 8.92. The maximum atomic E-state index is 13.3. The van der Waals surface area contributed by atoms with Crippen LogP contribution in [0.15, 0.2) is 60.7 Å². The summed E-state index contributed by atoms with van der Waals surface area (Å²) >= 11 is 0. The van der Waals surface area contributed by atoms with Crippen molar-refractivity contribution in [2.45, 2.75) is 38.8 Å². The maximum absolute atomic E-state index is 13.3. The van der Waals surface area contributed by atoms with Crippen LogP contribution < -0.4 is 0 Å². The van der Waals surface area contributed by atoms with E-state index < -0.39 is 34.1 Å². The van der Waals surface area contributed by atoms with Crippen molar-refractivity contribution in [1.29, 1.82) is 0 Å². The SMILES string of the molecule is CCC(=O)N1[C@@H](c2ccccc2)[C@H](c2ccccc2)N(C(=O)CC)S1(=O)=O. The Labute approximate surface area is 159 Å². The lowest BCUT2D eigenvalue weighted by atomic mass is 9.93. The number of hydrogen-bond acceptors (Lipinski definition) is 4. The molecule has 1 heterocycles. The molecule has 2 amide bonds. The Morgan fingerprint density at radius 2 is 1.07 bits per heavy atom. The van der Waals surface area contributed by atoms with Gasteiger partial charge >= 0.3 is 10.2 Å². The molecule has 0 saturated carbocycles. The van der Waals surface area contributed by atoms with E-state index >= 15 is 0 Å². The van der Waals surface area contributed by atoms with Crippen LogP contribution in [0.2, 0.25) is 0 Å². The van der Waals surface area contributed by atoms with Crippen LogP contribution in [0.25, 0.3) is 0 Å². The molecule has 0 N–H and O–H groups in total. The van der Waals surface area contributed by atoms with E-state index in [0.717, 1.165) is 8.61 Å². The van der Waals surface area contributed by atoms with Gasteiger partial charge in [-0.15, -0.1) is 0 Å². The van der Waals surface area contributed by atoms with E-state index in [2.05, 4.69) is 0 Å². The molecule has 0 radical (unpaired) electrons. The fraction of sp³-hybridized carbons (Fsp3) is 0.300. The van der Waals surface area contributed by atoms with Crippen molar-refractivity contribution in [1.82, 2.24) is 8.61 Å². The minimum atomic E-state index is -4.28. The van der Waals surface area contributed by atoms with Gasteiger partial charge in [-0.25, -0.2) is 8.61 Å². The third kappa shape index (κ3) is 3.23. The molecule has 7 heteroatoms. The molecule has 0 aliphatic carbocycles. The Balaban J connectivity index is 2.29. The van der Waals surface area contributed by atoms with E-state index in [0.29, 0.717) is 11.1 Å². The van der Waals surface area contributed by atoms with Gasteiger partial charge in [0.05, 0.1) is 0 Å². The van der Waals surface area contributed by atoms with Crippen LogP contribution in [-0.4, -0.2) is 28.8 Å². The number of nitrogens with zero attached hydrogens (tertiary/aromatic N) is 2. The number of amides is 2. The monoisotopic (exact) mass is 386 g/mol. The molecule has 2 aromatic rings. The van der Waals surface area contributed by atoms with Crippen LogP contribution in [0.1, 0.15) is 49.9 Å². The second-order valence-electron chi connectivity index (χ2n) is 6.31. The third-order valence-corrected chi connectivity index (χ3v) is 6.54. The van der Waals surface area contributed by atoms with E-state index in [9.17, 15) is 18.0 Å².